The van der Waals surface area contributed by atoms with Crippen molar-refractivity contribution in [1.82, 2.24) is 0 Å². The first-order chi connectivity index (χ1) is 8.75. The molecular formula is C13H13NO4. The van der Waals surface area contributed by atoms with Gasteiger partial charge in [-0.3, -0.25) is 10.1 Å². The number of allylic oxidation sites excluding steroid dienone is 2. The van der Waals surface area contributed by atoms with Crippen LogP contribution in [0.15, 0.2) is 30.0 Å². The van der Waals surface area contributed by atoms with Gasteiger partial charge in [0.25, 0.3) is 0 Å². The van der Waals surface area contributed by atoms with Gasteiger partial charge in [-0.25, -0.2) is 0 Å². The zero-order valence-corrected chi connectivity index (χ0v) is 9.80. The minimum atomic E-state index is -0.269. The predicted molar refractivity (Wildman–Crippen MR) is 64.2 cm³/mol. The summed E-state index contributed by atoms with van der Waals surface area (Å²) in [5.41, 5.74) is 1.24. The Balaban J connectivity index is 1.96. The first-order valence-corrected chi connectivity index (χ1v) is 5.99. The molecule has 1 heterocycles. The maximum absolute atomic E-state index is 11.1. The summed E-state index contributed by atoms with van der Waals surface area (Å²) < 4.78 is 10.6. The monoisotopic (exact) mass is 247 g/mol. The quantitative estimate of drug-likeness (QED) is 0.595. The normalized spacial score (nSPS) is 21.6. The summed E-state index contributed by atoms with van der Waals surface area (Å²) in [5.74, 6) is 1.25. The van der Waals surface area contributed by atoms with Crippen LogP contribution in [-0.4, -0.2) is 11.7 Å². The molecule has 0 spiro atoms. The maximum Gasteiger partial charge on any atom is 0.249 e. The molecule has 18 heavy (non-hydrogen) atoms. The van der Waals surface area contributed by atoms with E-state index in [0.29, 0.717) is 17.2 Å². The van der Waals surface area contributed by atoms with Crippen LogP contribution in [0.4, 0.5) is 0 Å². The van der Waals surface area contributed by atoms with Crippen LogP contribution in [-0.2, 0) is 0 Å². The van der Waals surface area contributed by atoms with E-state index >= 15 is 0 Å². The summed E-state index contributed by atoms with van der Waals surface area (Å²) in [4.78, 5) is 10.8. The van der Waals surface area contributed by atoms with Gasteiger partial charge < -0.3 is 9.47 Å². The lowest BCUT2D eigenvalue weighted by atomic mass is 9.86. The first-order valence-electron chi connectivity index (χ1n) is 5.99. The minimum absolute atomic E-state index is 0.136. The van der Waals surface area contributed by atoms with Crippen LogP contribution in [0.1, 0.15) is 30.7 Å². The summed E-state index contributed by atoms with van der Waals surface area (Å²) in [6.45, 7) is 0.224. The van der Waals surface area contributed by atoms with Gasteiger partial charge in [-0.15, -0.1) is 0 Å². The fourth-order valence-electron chi connectivity index (χ4n) is 2.53. The highest BCUT2D eigenvalue weighted by Crippen LogP contribution is 2.39. The summed E-state index contributed by atoms with van der Waals surface area (Å²) in [6, 6.07) is 5.57. The average molecular weight is 247 g/mol. The molecule has 1 aliphatic heterocycles. The van der Waals surface area contributed by atoms with Crippen LogP contribution in [0.5, 0.6) is 11.5 Å². The summed E-state index contributed by atoms with van der Waals surface area (Å²) >= 11 is 0. The molecule has 0 bridgehead atoms. The van der Waals surface area contributed by atoms with Gasteiger partial charge in [0.05, 0.1) is 10.8 Å². The highest BCUT2D eigenvalue weighted by atomic mass is 16.7. The number of hydrogen-bond donors (Lipinski definition) is 0. The molecule has 94 valence electrons. The number of nitro groups is 1. The van der Waals surface area contributed by atoms with Gasteiger partial charge in [0.2, 0.25) is 12.5 Å². The molecule has 5 heteroatoms. The fraction of sp³-hybridized carbons (Fsp3) is 0.385. The second-order valence-electron chi connectivity index (χ2n) is 4.48. The number of fused-ring (bicyclic) bond motifs is 1. The van der Waals surface area contributed by atoms with Gasteiger partial charge in [-0.1, -0.05) is 6.07 Å². The van der Waals surface area contributed by atoms with E-state index < -0.39 is 0 Å². The molecule has 0 N–H and O–H groups in total. The molecule has 1 aromatic rings. The zero-order valence-electron chi connectivity index (χ0n) is 9.80. The van der Waals surface area contributed by atoms with Crippen molar-refractivity contribution in [2.24, 2.45) is 0 Å². The van der Waals surface area contributed by atoms with Crippen molar-refractivity contribution in [2.45, 2.75) is 25.2 Å². The molecule has 0 fully saturated rings. The van der Waals surface area contributed by atoms with E-state index in [4.69, 9.17) is 9.47 Å². The molecule has 2 aliphatic rings. The third kappa shape index (κ3) is 1.81. The Morgan fingerprint density at radius 1 is 1.28 bits per heavy atom. The van der Waals surface area contributed by atoms with E-state index in [1.54, 1.807) is 6.08 Å². The summed E-state index contributed by atoms with van der Waals surface area (Å²) in [6.07, 6.45) is 4.32. The Morgan fingerprint density at radius 3 is 2.94 bits per heavy atom. The highest BCUT2D eigenvalue weighted by Gasteiger charge is 2.29. The van der Waals surface area contributed by atoms with Crippen LogP contribution in [0.3, 0.4) is 0 Å². The third-order valence-electron chi connectivity index (χ3n) is 3.42. The SMILES string of the molecule is O=[N+]([O-])C1=CCCC[C@H]1c1ccc2c(c1)OCO2. The Bertz CT molecular complexity index is 524. The number of benzene rings is 1. The van der Waals surface area contributed by atoms with Gasteiger partial charge >= 0.3 is 0 Å². The van der Waals surface area contributed by atoms with Crippen LogP contribution in [0, 0.1) is 10.1 Å². The van der Waals surface area contributed by atoms with Crippen molar-refractivity contribution < 1.29 is 14.4 Å². The third-order valence-corrected chi connectivity index (χ3v) is 3.42. The lowest BCUT2D eigenvalue weighted by molar-refractivity contribution is -0.431. The maximum atomic E-state index is 11.1. The van der Waals surface area contributed by atoms with Crippen molar-refractivity contribution in [3.63, 3.8) is 0 Å². The molecule has 0 saturated carbocycles. The Labute approximate surface area is 104 Å². The predicted octanol–water partition coefficient (Wildman–Crippen LogP) is 2.84. The highest BCUT2D eigenvalue weighted by molar-refractivity contribution is 5.46. The molecule has 0 aromatic heterocycles. The topological polar surface area (TPSA) is 61.6 Å². The zero-order chi connectivity index (χ0) is 12.5. The standard InChI is InChI=1S/C13H13NO4/c15-14(16)11-4-2-1-3-10(11)9-5-6-12-13(7-9)18-8-17-12/h4-7,10H,1-3,8H2/t10-/m0/s1. The summed E-state index contributed by atoms with van der Waals surface area (Å²) in [5, 5.41) is 11.1. The molecule has 0 unspecified atom stereocenters. The molecule has 0 radical (unpaired) electrons. The smallest absolute Gasteiger partial charge is 0.249 e. The van der Waals surface area contributed by atoms with Crippen LogP contribution in [0.25, 0.3) is 0 Å². The second kappa shape index (κ2) is 4.33. The second-order valence-corrected chi connectivity index (χ2v) is 4.48. The van der Waals surface area contributed by atoms with Crippen molar-refractivity contribution in [3.05, 3.63) is 45.6 Å². The van der Waals surface area contributed by atoms with Crippen molar-refractivity contribution in [2.75, 3.05) is 6.79 Å². The molecule has 1 aromatic carbocycles. The molecule has 1 aliphatic carbocycles. The van der Waals surface area contributed by atoms with E-state index in [1.807, 2.05) is 18.2 Å². The van der Waals surface area contributed by atoms with Gasteiger partial charge in [-0.2, -0.15) is 0 Å². The van der Waals surface area contributed by atoms with E-state index in [2.05, 4.69) is 0 Å². The van der Waals surface area contributed by atoms with E-state index in [9.17, 15) is 10.1 Å². The number of ether oxygens (including phenoxy) is 2. The lowest BCUT2D eigenvalue weighted by Crippen LogP contribution is -2.13. The van der Waals surface area contributed by atoms with Crippen LogP contribution in [0.2, 0.25) is 0 Å². The van der Waals surface area contributed by atoms with E-state index in [-0.39, 0.29) is 17.6 Å². The minimum Gasteiger partial charge on any atom is -0.454 e. The Morgan fingerprint density at radius 2 is 2.11 bits per heavy atom. The van der Waals surface area contributed by atoms with Gasteiger partial charge in [0.15, 0.2) is 11.5 Å². The Kier molecular flexibility index (Phi) is 2.66. The summed E-state index contributed by atoms with van der Waals surface area (Å²) in [7, 11) is 0. The molecule has 1 atom stereocenters. The lowest BCUT2D eigenvalue weighted by Gasteiger charge is -2.18. The molecular weight excluding hydrogens is 234 g/mol. The van der Waals surface area contributed by atoms with Gasteiger partial charge in [0, 0.05) is 0 Å². The molecule has 3 rings (SSSR count). The van der Waals surface area contributed by atoms with Crippen molar-refractivity contribution in [1.29, 1.82) is 0 Å². The van der Waals surface area contributed by atoms with E-state index in [0.717, 1.165) is 24.8 Å². The first kappa shape index (κ1) is 11.1. The molecule has 0 amide bonds. The van der Waals surface area contributed by atoms with Gasteiger partial charge in [0.1, 0.15) is 0 Å². The van der Waals surface area contributed by atoms with Gasteiger partial charge in [-0.05, 0) is 43.0 Å². The van der Waals surface area contributed by atoms with Crippen molar-refractivity contribution >= 4 is 0 Å². The van der Waals surface area contributed by atoms with Crippen LogP contribution >= 0.6 is 0 Å². The Hall–Kier alpha value is -2.04. The molecule has 0 saturated heterocycles. The largest absolute Gasteiger partial charge is 0.454 e. The average Bonchev–Trinajstić information content (AvgIpc) is 2.85. The van der Waals surface area contributed by atoms with Crippen LogP contribution < -0.4 is 9.47 Å². The van der Waals surface area contributed by atoms with E-state index in [1.165, 1.54) is 0 Å². The number of rotatable bonds is 2. The molecule has 5 nitrogen and oxygen atoms in total. The number of nitrogens with zero attached hydrogens (tertiary/aromatic N) is 1. The van der Waals surface area contributed by atoms with Crippen molar-refractivity contribution in [3.8, 4) is 11.5 Å². The number of hydrogen-bond acceptors (Lipinski definition) is 4. The fourth-order valence-corrected chi connectivity index (χ4v) is 2.53.